The molecule has 1 rings (SSSR count). The van der Waals surface area contributed by atoms with Crippen molar-refractivity contribution < 1.29 is 19.0 Å². The van der Waals surface area contributed by atoms with Crippen molar-refractivity contribution in [2.24, 2.45) is 0 Å². The molecule has 0 aliphatic rings. The lowest BCUT2D eigenvalue weighted by atomic mass is 10.1. The molecule has 0 atom stereocenters. The van der Waals surface area contributed by atoms with E-state index in [0.717, 1.165) is 0 Å². The second kappa shape index (κ2) is 5.47. The molecule has 0 amide bonds. The Morgan fingerprint density at radius 3 is 1.71 bits per heavy atom. The first-order chi connectivity index (χ1) is 7.99. The molecular formula is C11H12Cl2O4. The molecule has 0 aliphatic heterocycles. The highest BCUT2D eigenvalue weighted by Gasteiger charge is 2.27. The number of rotatable bonds is 3. The van der Waals surface area contributed by atoms with Gasteiger partial charge in [0.2, 0.25) is 0 Å². The summed E-state index contributed by atoms with van der Waals surface area (Å²) in [4.78, 5) is 11.7. The molecule has 0 aliphatic carbocycles. The molecule has 0 N–H and O–H groups in total. The molecule has 0 aromatic heterocycles. The molecule has 0 unspecified atom stereocenters. The Morgan fingerprint density at radius 1 is 1.00 bits per heavy atom. The van der Waals surface area contributed by atoms with Crippen LogP contribution in [0, 0.1) is 6.92 Å². The van der Waals surface area contributed by atoms with Crippen LogP contribution in [0.2, 0.25) is 10.0 Å². The molecule has 1 aromatic rings. The average molecular weight is 279 g/mol. The van der Waals surface area contributed by atoms with Crippen LogP contribution >= 0.6 is 23.2 Å². The third kappa shape index (κ3) is 2.28. The Kier molecular flexibility index (Phi) is 4.48. The van der Waals surface area contributed by atoms with Gasteiger partial charge >= 0.3 is 5.97 Å². The summed E-state index contributed by atoms with van der Waals surface area (Å²) in [6.45, 7) is 1.71. The zero-order valence-electron chi connectivity index (χ0n) is 9.89. The van der Waals surface area contributed by atoms with Gasteiger partial charge in [-0.1, -0.05) is 23.2 Å². The van der Waals surface area contributed by atoms with Crippen LogP contribution in [0.3, 0.4) is 0 Å². The Labute approximate surface area is 109 Å². The maximum absolute atomic E-state index is 11.7. The van der Waals surface area contributed by atoms with E-state index in [2.05, 4.69) is 4.74 Å². The van der Waals surface area contributed by atoms with Crippen molar-refractivity contribution in [3.8, 4) is 11.5 Å². The Hall–Kier alpha value is -1.13. The number of hydrogen-bond donors (Lipinski definition) is 0. The average Bonchev–Trinajstić information content (AvgIpc) is 2.34. The van der Waals surface area contributed by atoms with E-state index >= 15 is 0 Å². The van der Waals surface area contributed by atoms with E-state index in [9.17, 15) is 4.79 Å². The number of hydrogen-bond acceptors (Lipinski definition) is 4. The number of ether oxygens (including phenoxy) is 3. The van der Waals surface area contributed by atoms with Gasteiger partial charge in [-0.2, -0.15) is 0 Å². The van der Waals surface area contributed by atoms with Crippen molar-refractivity contribution in [1.82, 2.24) is 0 Å². The molecule has 0 saturated carbocycles. The maximum Gasteiger partial charge on any atom is 0.345 e. The van der Waals surface area contributed by atoms with Gasteiger partial charge in [-0.05, 0) is 12.5 Å². The minimum absolute atomic E-state index is 0.0816. The van der Waals surface area contributed by atoms with Gasteiger partial charge in [-0.3, -0.25) is 0 Å². The van der Waals surface area contributed by atoms with E-state index in [1.165, 1.54) is 21.3 Å². The topological polar surface area (TPSA) is 44.8 Å². The summed E-state index contributed by atoms with van der Waals surface area (Å²) in [5, 5.41) is 0.525. The summed E-state index contributed by atoms with van der Waals surface area (Å²) in [5.74, 6) is -0.239. The molecule has 94 valence electrons. The lowest BCUT2D eigenvalue weighted by Crippen LogP contribution is -2.08. The fourth-order valence-electron chi connectivity index (χ4n) is 1.43. The standard InChI is InChI=1S/C11H12Cl2O4/c1-5-7(12)9(15-2)6(11(14)17-4)10(16-3)8(5)13/h1-4H3. The smallest absolute Gasteiger partial charge is 0.345 e. The third-order valence-corrected chi connectivity index (χ3v) is 3.22. The van der Waals surface area contributed by atoms with Crippen molar-refractivity contribution in [3.05, 3.63) is 21.2 Å². The molecule has 0 fully saturated rings. The first-order valence-electron chi connectivity index (χ1n) is 4.67. The number of esters is 1. The number of carbonyl (C=O) groups is 1. The van der Waals surface area contributed by atoms with Crippen molar-refractivity contribution in [2.75, 3.05) is 21.3 Å². The van der Waals surface area contributed by atoms with Gasteiger partial charge in [0.15, 0.2) is 11.5 Å². The lowest BCUT2D eigenvalue weighted by molar-refractivity contribution is 0.0593. The molecule has 17 heavy (non-hydrogen) atoms. The summed E-state index contributed by atoms with van der Waals surface area (Å²) >= 11 is 12.1. The molecular weight excluding hydrogens is 267 g/mol. The Bertz CT molecular complexity index is 426. The van der Waals surface area contributed by atoms with Crippen LogP contribution in [0.15, 0.2) is 0 Å². The van der Waals surface area contributed by atoms with Gasteiger partial charge < -0.3 is 14.2 Å². The van der Waals surface area contributed by atoms with E-state index in [1.807, 2.05) is 0 Å². The van der Waals surface area contributed by atoms with Crippen LogP contribution in [0.25, 0.3) is 0 Å². The minimum atomic E-state index is -0.623. The van der Waals surface area contributed by atoms with Crippen LogP contribution in [0.5, 0.6) is 11.5 Å². The predicted octanol–water partition coefficient (Wildman–Crippen LogP) is 3.11. The van der Waals surface area contributed by atoms with Crippen LogP contribution in [0.4, 0.5) is 0 Å². The van der Waals surface area contributed by atoms with Gasteiger partial charge in [0, 0.05) is 0 Å². The van der Waals surface area contributed by atoms with Gasteiger partial charge in [0.05, 0.1) is 31.4 Å². The number of methoxy groups -OCH3 is 3. The summed E-state index contributed by atoms with van der Waals surface area (Å²) in [5.41, 5.74) is 0.660. The zero-order chi connectivity index (χ0) is 13.2. The van der Waals surface area contributed by atoms with E-state index in [-0.39, 0.29) is 27.1 Å². The Balaban J connectivity index is 3.69. The monoisotopic (exact) mass is 278 g/mol. The van der Waals surface area contributed by atoms with E-state index < -0.39 is 5.97 Å². The van der Waals surface area contributed by atoms with Gasteiger partial charge in [0.1, 0.15) is 5.56 Å². The lowest BCUT2D eigenvalue weighted by Gasteiger charge is -2.16. The van der Waals surface area contributed by atoms with Crippen LogP contribution in [-0.2, 0) is 4.74 Å². The largest absolute Gasteiger partial charge is 0.494 e. The summed E-state index contributed by atoms with van der Waals surface area (Å²) in [6.07, 6.45) is 0. The number of carbonyl (C=O) groups excluding carboxylic acids is 1. The van der Waals surface area contributed by atoms with E-state index in [1.54, 1.807) is 6.92 Å². The molecule has 4 nitrogen and oxygen atoms in total. The fraction of sp³-hybridized carbons (Fsp3) is 0.364. The second-order valence-electron chi connectivity index (χ2n) is 3.19. The van der Waals surface area contributed by atoms with Crippen LogP contribution < -0.4 is 9.47 Å². The molecule has 6 heteroatoms. The quantitative estimate of drug-likeness (QED) is 0.797. The molecule has 0 spiro atoms. The molecule has 0 saturated heterocycles. The third-order valence-electron chi connectivity index (χ3n) is 2.31. The van der Waals surface area contributed by atoms with Crippen molar-refractivity contribution in [3.63, 3.8) is 0 Å². The predicted molar refractivity (Wildman–Crippen MR) is 65.6 cm³/mol. The van der Waals surface area contributed by atoms with Crippen molar-refractivity contribution in [2.45, 2.75) is 6.92 Å². The molecule has 0 radical (unpaired) electrons. The molecule has 0 bridgehead atoms. The summed E-state index contributed by atoms with van der Waals surface area (Å²) in [6, 6.07) is 0. The molecule has 1 aromatic carbocycles. The maximum atomic E-state index is 11.7. The van der Waals surface area contributed by atoms with Crippen LogP contribution in [0.1, 0.15) is 15.9 Å². The van der Waals surface area contributed by atoms with E-state index in [0.29, 0.717) is 5.56 Å². The molecule has 0 heterocycles. The van der Waals surface area contributed by atoms with Crippen LogP contribution in [-0.4, -0.2) is 27.3 Å². The summed E-state index contributed by atoms with van der Waals surface area (Å²) < 4.78 is 14.9. The first kappa shape index (κ1) is 13.9. The highest BCUT2D eigenvalue weighted by Crippen LogP contribution is 2.44. The zero-order valence-corrected chi connectivity index (χ0v) is 11.4. The van der Waals surface area contributed by atoms with E-state index in [4.69, 9.17) is 32.7 Å². The Morgan fingerprint density at radius 2 is 1.41 bits per heavy atom. The first-order valence-corrected chi connectivity index (χ1v) is 5.43. The van der Waals surface area contributed by atoms with Gasteiger partial charge in [0.25, 0.3) is 0 Å². The van der Waals surface area contributed by atoms with Crippen molar-refractivity contribution >= 4 is 29.2 Å². The number of benzene rings is 1. The van der Waals surface area contributed by atoms with Crippen molar-refractivity contribution in [1.29, 1.82) is 0 Å². The van der Waals surface area contributed by atoms with Gasteiger partial charge in [-0.25, -0.2) is 4.79 Å². The van der Waals surface area contributed by atoms with Gasteiger partial charge in [-0.15, -0.1) is 0 Å². The second-order valence-corrected chi connectivity index (χ2v) is 3.94. The number of halogens is 2. The highest BCUT2D eigenvalue weighted by atomic mass is 35.5. The highest BCUT2D eigenvalue weighted by molar-refractivity contribution is 6.38. The minimum Gasteiger partial charge on any atom is -0.494 e. The fourth-order valence-corrected chi connectivity index (χ4v) is 2.01. The normalized spacial score (nSPS) is 10.0. The summed E-state index contributed by atoms with van der Waals surface area (Å²) in [7, 11) is 4.06. The SMILES string of the molecule is COC(=O)c1c(OC)c(Cl)c(C)c(Cl)c1OC.